The molecule has 1 aliphatic rings. The average Bonchev–Trinajstić information content (AvgIpc) is 3.32. The van der Waals surface area contributed by atoms with Gasteiger partial charge >= 0.3 is 0 Å². The lowest BCUT2D eigenvalue weighted by Crippen LogP contribution is -2.31. The van der Waals surface area contributed by atoms with E-state index < -0.39 is 20.0 Å². The van der Waals surface area contributed by atoms with Crippen LogP contribution in [0.5, 0.6) is 0 Å². The second-order valence-electron chi connectivity index (χ2n) is 7.63. The molecule has 1 aliphatic heterocycles. The van der Waals surface area contributed by atoms with E-state index in [1.807, 2.05) is 13.8 Å². The summed E-state index contributed by atoms with van der Waals surface area (Å²) in [5.41, 5.74) is 1.15. The molecule has 8 nitrogen and oxygen atoms in total. The van der Waals surface area contributed by atoms with Crippen LogP contribution in [0.1, 0.15) is 32.3 Å². The van der Waals surface area contributed by atoms with Gasteiger partial charge in [-0.05, 0) is 68.7 Å². The number of sulfonamides is 2. The molecule has 2 aromatic rings. The number of carbonyl (C=O) groups is 1. The van der Waals surface area contributed by atoms with Gasteiger partial charge in [0.25, 0.3) is 10.0 Å². The van der Waals surface area contributed by atoms with Gasteiger partial charge in [-0.1, -0.05) is 12.1 Å². The van der Waals surface area contributed by atoms with Crippen LogP contribution < -0.4 is 4.72 Å². The molecule has 0 unspecified atom stereocenters. The fourth-order valence-corrected chi connectivity index (χ4v) is 6.21. The Morgan fingerprint density at radius 3 is 1.94 bits per heavy atom. The Hall–Kier alpha value is -2.43. The van der Waals surface area contributed by atoms with E-state index in [1.165, 1.54) is 28.6 Å². The summed E-state index contributed by atoms with van der Waals surface area (Å²) in [7, 11) is -7.48. The highest BCUT2D eigenvalue weighted by Gasteiger charge is 2.27. The first-order chi connectivity index (χ1) is 15.2. The predicted octanol–water partition coefficient (Wildman–Crippen LogP) is 2.68. The number of nitrogens with one attached hydrogen (secondary N) is 1. The summed E-state index contributed by atoms with van der Waals surface area (Å²) in [5.74, 6) is 0.0207. The molecule has 10 heteroatoms. The molecule has 0 atom stereocenters. The Morgan fingerprint density at radius 2 is 1.41 bits per heavy atom. The summed E-state index contributed by atoms with van der Waals surface area (Å²) in [5, 5.41) is 0. The monoisotopic (exact) mass is 479 g/mol. The molecule has 3 rings (SSSR count). The van der Waals surface area contributed by atoms with E-state index in [0.29, 0.717) is 31.9 Å². The molecule has 1 heterocycles. The van der Waals surface area contributed by atoms with Gasteiger partial charge in [-0.3, -0.25) is 9.52 Å². The standard InChI is InChI=1S/C22H29N3O5S2/c1-3-24(4-2)22(26)17-18-7-9-19(10-8-18)23-31(27,28)20-11-13-21(14-12-20)32(29,30)25-15-5-6-16-25/h7-14,23H,3-6,15-17H2,1-2H3. The Balaban J connectivity index is 1.69. The van der Waals surface area contributed by atoms with Gasteiger partial charge in [-0.15, -0.1) is 0 Å². The topological polar surface area (TPSA) is 104 Å². The molecule has 1 N–H and O–H groups in total. The molecule has 0 aliphatic carbocycles. The van der Waals surface area contributed by atoms with Crippen LogP contribution in [-0.4, -0.2) is 58.1 Å². The molecule has 0 bridgehead atoms. The molecule has 0 radical (unpaired) electrons. The van der Waals surface area contributed by atoms with Crippen molar-refractivity contribution in [2.45, 2.75) is 42.9 Å². The van der Waals surface area contributed by atoms with Gasteiger partial charge in [-0.25, -0.2) is 16.8 Å². The Bertz CT molecular complexity index is 1140. The second-order valence-corrected chi connectivity index (χ2v) is 11.2. The van der Waals surface area contributed by atoms with Crippen molar-refractivity contribution < 1.29 is 21.6 Å². The van der Waals surface area contributed by atoms with Crippen LogP contribution in [0.25, 0.3) is 0 Å². The summed E-state index contributed by atoms with van der Waals surface area (Å²) < 4.78 is 54.6. The predicted molar refractivity (Wildman–Crippen MR) is 123 cm³/mol. The fourth-order valence-electron chi connectivity index (χ4n) is 3.64. The molecule has 1 fully saturated rings. The number of amides is 1. The first-order valence-corrected chi connectivity index (χ1v) is 13.6. The maximum Gasteiger partial charge on any atom is 0.261 e. The molecule has 174 valence electrons. The second kappa shape index (κ2) is 10.0. The van der Waals surface area contributed by atoms with E-state index in [9.17, 15) is 21.6 Å². The zero-order valence-electron chi connectivity index (χ0n) is 18.3. The van der Waals surface area contributed by atoms with Crippen LogP contribution in [0, 0.1) is 0 Å². The largest absolute Gasteiger partial charge is 0.343 e. The molecular weight excluding hydrogens is 450 g/mol. The Labute approximate surface area is 190 Å². The van der Waals surface area contributed by atoms with Gasteiger partial charge in [0.15, 0.2) is 0 Å². The lowest BCUT2D eigenvalue weighted by Gasteiger charge is -2.18. The quantitative estimate of drug-likeness (QED) is 0.596. The summed E-state index contributed by atoms with van der Waals surface area (Å²) in [6.45, 7) is 6.11. The number of nitrogens with zero attached hydrogens (tertiary/aromatic N) is 2. The van der Waals surface area contributed by atoms with Crippen LogP contribution >= 0.6 is 0 Å². The van der Waals surface area contributed by atoms with E-state index in [4.69, 9.17) is 0 Å². The van der Waals surface area contributed by atoms with Crippen molar-refractivity contribution in [2.75, 3.05) is 30.9 Å². The number of carbonyl (C=O) groups excluding carboxylic acids is 1. The molecule has 0 aromatic heterocycles. The summed E-state index contributed by atoms with van der Waals surface area (Å²) in [6.07, 6.45) is 1.91. The van der Waals surface area contributed by atoms with Crippen LogP contribution in [0.4, 0.5) is 5.69 Å². The van der Waals surface area contributed by atoms with Crippen molar-refractivity contribution in [2.24, 2.45) is 0 Å². The van der Waals surface area contributed by atoms with E-state index in [1.54, 1.807) is 29.2 Å². The maximum atomic E-state index is 12.7. The minimum Gasteiger partial charge on any atom is -0.343 e. The number of anilines is 1. The molecule has 0 saturated carbocycles. The Morgan fingerprint density at radius 1 is 0.875 bits per heavy atom. The third kappa shape index (κ3) is 5.48. The highest BCUT2D eigenvalue weighted by Crippen LogP contribution is 2.23. The number of benzene rings is 2. The van der Waals surface area contributed by atoms with Gasteiger partial charge < -0.3 is 4.90 Å². The molecule has 32 heavy (non-hydrogen) atoms. The molecule has 1 amide bonds. The van der Waals surface area contributed by atoms with E-state index in [0.717, 1.165) is 18.4 Å². The minimum absolute atomic E-state index is 0.0207. The zero-order valence-corrected chi connectivity index (χ0v) is 20.0. The summed E-state index contributed by atoms with van der Waals surface area (Å²) >= 11 is 0. The highest BCUT2D eigenvalue weighted by molar-refractivity contribution is 7.92. The lowest BCUT2D eigenvalue weighted by atomic mass is 10.1. The Kier molecular flexibility index (Phi) is 7.58. The molecule has 0 spiro atoms. The van der Waals surface area contributed by atoms with E-state index in [2.05, 4.69) is 4.72 Å². The van der Waals surface area contributed by atoms with Gasteiger partial charge in [-0.2, -0.15) is 4.31 Å². The molecule has 2 aromatic carbocycles. The summed E-state index contributed by atoms with van der Waals surface area (Å²) in [4.78, 5) is 14.0. The van der Waals surface area contributed by atoms with Crippen LogP contribution in [-0.2, 0) is 31.3 Å². The first kappa shape index (κ1) is 24.2. The van der Waals surface area contributed by atoms with Crippen molar-refractivity contribution >= 4 is 31.6 Å². The van der Waals surface area contributed by atoms with Gasteiger partial charge in [0, 0.05) is 31.9 Å². The van der Waals surface area contributed by atoms with Crippen LogP contribution in [0.15, 0.2) is 58.3 Å². The van der Waals surface area contributed by atoms with Crippen molar-refractivity contribution in [3.8, 4) is 0 Å². The SMILES string of the molecule is CCN(CC)C(=O)Cc1ccc(NS(=O)(=O)c2ccc(S(=O)(=O)N3CCCC3)cc2)cc1. The normalized spacial score (nSPS) is 14.9. The highest BCUT2D eigenvalue weighted by atomic mass is 32.2. The molecular formula is C22H29N3O5S2. The van der Waals surface area contributed by atoms with E-state index in [-0.39, 0.29) is 22.1 Å². The first-order valence-electron chi connectivity index (χ1n) is 10.7. The summed E-state index contributed by atoms with van der Waals surface area (Å²) in [6, 6.07) is 11.9. The van der Waals surface area contributed by atoms with Crippen LogP contribution in [0.3, 0.4) is 0 Å². The zero-order chi connectivity index (χ0) is 23.4. The number of hydrogen-bond acceptors (Lipinski definition) is 5. The van der Waals surface area contributed by atoms with E-state index >= 15 is 0 Å². The fraction of sp³-hybridized carbons (Fsp3) is 0.409. The third-order valence-electron chi connectivity index (χ3n) is 5.51. The van der Waals surface area contributed by atoms with Crippen molar-refractivity contribution in [3.05, 3.63) is 54.1 Å². The van der Waals surface area contributed by atoms with Gasteiger partial charge in [0.1, 0.15) is 0 Å². The average molecular weight is 480 g/mol. The van der Waals surface area contributed by atoms with Crippen molar-refractivity contribution in [3.63, 3.8) is 0 Å². The van der Waals surface area contributed by atoms with Crippen LogP contribution in [0.2, 0.25) is 0 Å². The molecule has 1 saturated heterocycles. The lowest BCUT2D eigenvalue weighted by molar-refractivity contribution is -0.130. The third-order valence-corrected chi connectivity index (χ3v) is 8.82. The van der Waals surface area contributed by atoms with Gasteiger partial charge in [0.05, 0.1) is 16.2 Å². The number of hydrogen-bond donors (Lipinski definition) is 1. The van der Waals surface area contributed by atoms with Crippen molar-refractivity contribution in [1.29, 1.82) is 0 Å². The minimum atomic E-state index is -3.89. The van der Waals surface area contributed by atoms with Crippen molar-refractivity contribution in [1.82, 2.24) is 9.21 Å². The van der Waals surface area contributed by atoms with Gasteiger partial charge in [0.2, 0.25) is 15.9 Å². The number of likely N-dealkylation sites (N-methyl/N-ethyl adjacent to an activating group) is 1. The maximum absolute atomic E-state index is 12.7. The smallest absolute Gasteiger partial charge is 0.261 e. The number of rotatable bonds is 9.